The molecule has 0 atom stereocenters. The summed E-state index contributed by atoms with van der Waals surface area (Å²) in [5.74, 6) is 0.290. The molecule has 1 heterocycles. The van der Waals surface area contributed by atoms with Crippen molar-refractivity contribution in [2.24, 2.45) is 0 Å². The van der Waals surface area contributed by atoms with Gasteiger partial charge in [-0.25, -0.2) is 4.39 Å². The highest BCUT2D eigenvalue weighted by molar-refractivity contribution is 9.10. The molecule has 0 aliphatic carbocycles. The van der Waals surface area contributed by atoms with Gasteiger partial charge in [0.15, 0.2) is 0 Å². The second kappa shape index (κ2) is 3.37. The van der Waals surface area contributed by atoms with Gasteiger partial charge in [0.2, 0.25) is 0 Å². The Labute approximate surface area is 96.9 Å². The molecule has 15 heavy (non-hydrogen) atoms. The highest BCUT2D eigenvalue weighted by Crippen LogP contribution is 2.46. The molecule has 1 aliphatic rings. The van der Waals surface area contributed by atoms with Gasteiger partial charge in [-0.15, -0.1) is 0 Å². The fourth-order valence-corrected chi connectivity index (χ4v) is 2.82. The van der Waals surface area contributed by atoms with Crippen molar-refractivity contribution in [3.05, 3.63) is 21.9 Å². The lowest BCUT2D eigenvalue weighted by atomic mass is 9.87. The van der Waals surface area contributed by atoms with Crippen LogP contribution in [-0.4, -0.2) is 13.7 Å². The van der Waals surface area contributed by atoms with Crippen LogP contribution in [0.4, 0.5) is 10.1 Å². The number of methoxy groups -OCH3 is 1. The van der Waals surface area contributed by atoms with E-state index >= 15 is 0 Å². The molecule has 1 aliphatic heterocycles. The number of hydrogen-bond donors (Lipinski definition) is 1. The van der Waals surface area contributed by atoms with Crippen LogP contribution in [0.5, 0.6) is 5.75 Å². The molecule has 0 saturated heterocycles. The van der Waals surface area contributed by atoms with Crippen LogP contribution in [0, 0.1) is 5.82 Å². The Morgan fingerprint density at radius 3 is 2.80 bits per heavy atom. The van der Waals surface area contributed by atoms with Crippen molar-refractivity contribution in [3.63, 3.8) is 0 Å². The van der Waals surface area contributed by atoms with Crippen molar-refractivity contribution in [2.75, 3.05) is 19.0 Å². The fraction of sp³-hybridized carbons (Fsp3) is 0.455. The van der Waals surface area contributed by atoms with Gasteiger partial charge < -0.3 is 10.1 Å². The summed E-state index contributed by atoms with van der Waals surface area (Å²) in [6.45, 7) is 4.95. The topological polar surface area (TPSA) is 21.3 Å². The Morgan fingerprint density at radius 1 is 1.53 bits per heavy atom. The van der Waals surface area contributed by atoms with Gasteiger partial charge in [-0.05, 0) is 15.9 Å². The van der Waals surface area contributed by atoms with E-state index in [2.05, 4.69) is 35.1 Å². The molecule has 0 unspecified atom stereocenters. The van der Waals surface area contributed by atoms with E-state index in [-0.39, 0.29) is 11.2 Å². The molecule has 1 N–H and O–H groups in total. The third kappa shape index (κ3) is 1.51. The monoisotopic (exact) mass is 273 g/mol. The van der Waals surface area contributed by atoms with Crippen LogP contribution in [0.1, 0.15) is 19.4 Å². The molecular formula is C11H13BrFNO. The second-order valence-electron chi connectivity index (χ2n) is 4.36. The Morgan fingerprint density at radius 2 is 2.20 bits per heavy atom. The lowest BCUT2D eigenvalue weighted by Gasteiger charge is -2.19. The van der Waals surface area contributed by atoms with Crippen molar-refractivity contribution in [1.29, 1.82) is 0 Å². The minimum absolute atomic E-state index is 0.0798. The average molecular weight is 274 g/mol. The number of anilines is 1. The molecular weight excluding hydrogens is 261 g/mol. The number of rotatable bonds is 1. The standard InChI is InChI=1S/C11H13BrFNO/c1-11(2)5-14-10-7(15-3)4-6(13)9(12)8(10)11/h4,14H,5H2,1-3H3. The van der Waals surface area contributed by atoms with E-state index in [0.29, 0.717) is 10.2 Å². The number of fused-ring (bicyclic) bond motifs is 1. The van der Waals surface area contributed by atoms with Gasteiger partial charge in [0, 0.05) is 23.6 Å². The fourth-order valence-electron chi connectivity index (χ4n) is 1.97. The number of benzene rings is 1. The molecule has 2 nitrogen and oxygen atoms in total. The van der Waals surface area contributed by atoms with Crippen molar-refractivity contribution in [3.8, 4) is 5.75 Å². The third-order valence-electron chi connectivity index (χ3n) is 2.79. The zero-order valence-corrected chi connectivity index (χ0v) is 10.5. The first-order chi connectivity index (χ1) is 6.97. The van der Waals surface area contributed by atoms with Crippen LogP contribution in [-0.2, 0) is 5.41 Å². The van der Waals surface area contributed by atoms with Crippen molar-refractivity contribution >= 4 is 21.6 Å². The largest absolute Gasteiger partial charge is 0.494 e. The number of hydrogen-bond acceptors (Lipinski definition) is 2. The maximum absolute atomic E-state index is 13.6. The summed E-state index contributed by atoms with van der Waals surface area (Å²) in [5, 5.41) is 3.26. The molecule has 0 spiro atoms. The van der Waals surface area contributed by atoms with Crippen molar-refractivity contribution in [1.82, 2.24) is 0 Å². The summed E-state index contributed by atoms with van der Waals surface area (Å²) in [5.41, 5.74) is 1.78. The molecule has 0 saturated carbocycles. The van der Waals surface area contributed by atoms with E-state index < -0.39 is 0 Å². The van der Waals surface area contributed by atoms with Gasteiger partial charge in [0.1, 0.15) is 11.6 Å². The third-order valence-corrected chi connectivity index (χ3v) is 3.56. The minimum Gasteiger partial charge on any atom is -0.494 e. The quantitative estimate of drug-likeness (QED) is 0.848. The van der Waals surface area contributed by atoms with E-state index in [1.54, 1.807) is 7.11 Å². The first-order valence-electron chi connectivity index (χ1n) is 4.77. The van der Waals surface area contributed by atoms with Crippen LogP contribution in [0.15, 0.2) is 10.5 Å². The molecule has 0 aromatic heterocycles. The van der Waals surface area contributed by atoms with E-state index in [0.717, 1.165) is 17.8 Å². The summed E-state index contributed by atoms with van der Waals surface area (Å²) in [4.78, 5) is 0. The highest BCUT2D eigenvalue weighted by Gasteiger charge is 2.35. The van der Waals surface area contributed by atoms with Gasteiger partial charge in [-0.2, -0.15) is 0 Å². The van der Waals surface area contributed by atoms with Gasteiger partial charge in [-0.3, -0.25) is 0 Å². The van der Waals surface area contributed by atoms with Crippen LogP contribution in [0.3, 0.4) is 0 Å². The first-order valence-corrected chi connectivity index (χ1v) is 5.57. The van der Waals surface area contributed by atoms with Gasteiger partial charge in [0.25, 0.3) is 0 Å². The lowest BCUT2D eigenvalue weighted by Crippen LogP contribution is -2.19. The number of halogens is 2. The number of ether oxygens (including phenoxy) is 1. The molecule has 4 heteroatoms. The summed E-state index contributed by atoms with van der Waals surface area (Å²) < 4.78 is 19.3. The average Bonchev–Trinajstić information content (AvgIpc) is 2.48. The smallest absolute Gasteiger partial charge is 0.145 e. The lowest BCUT2D eigenvalue weighted by molar-refractivity contribution is 0.412. The second-order valence-corrected chi connectivity index (χ2v) is 5.16. The normalized spacial score (nSPS) is 17.1. The van der Waals surface area contributed by atoms with E-state index in [4.69, 9.17) is 4.74 Å². The summed E-state index contributed by atoms with van der Waals surface area (Å²) in [7, 11) is 1.55. The van der Waals surface area contributed by atoms with Crippen LogP contribution >= 0.6 is 15.9 Å². The van der Waals surface area contributed by atoms with E-state index in [1.165, 1.54) is 6.07 Å². The molecule has 1 aromatic carbocycles. The zero-order chi connectivity index (χ0) is 11.2. The summed E-state index contributed by atoms with van der Waals surface area (Å²) >= 11 is 3.30. The molecule has 0 radical (unpaired) electrons. The Kier molecular flexibility index (Phi) is 2.41. The summed E-state index contributed by atoms with van der Waals surface area (Å²) in [6, 6.07) is 1.40. The number of nitrogens with one attached hydrogen (secondary N) is 1. The van der Waals surface area contributed by atoms with Crippen LogP contribution in [0.25, 0.3) is 0 Å². The van der Waals surface area contributed by atoms with Crippen LogP contribution < -0.4 is 10.1 Å². The van der Waals surface area contributed by atoms with Crippen LogP contribution in [0.2, 0.25) is 0 Å². The Hall–Kier alpha value is -0.770. The van der Waals surface area contributed by atoms with Gasteiger partial charge in [0.05, 0.1) is 17.3 Å². The predicted molar refractivity (Wildman–Crippen MR) is 62.2 cm³/mol. The molecule has 0 fully saturated rings. The SMILES string of the molecule is COc1cc(F)c(Br)c2c1NCC2(C)C. The predicted octanol–water partition coefficient (Wildman–Crippen LogP) is 3.30. The van der Waals surface area contributed by atoms with Gasteiger partial charge in [-0.1, -0.05) is 13.8 Å². The molecule has 0 amide bonds. The van der Waals surface area contributed by atoms with Crippen molar-refractivity contribution < 1.29 is 9.13 Å². The van der Waals surface area contributed by atoms with E-state index in [1.807, 2.05) is 0 Å². The molecule has 0 bridgehead atoms. The summed E-state index contributed by atoms with van der Waals surface area (Å²) in [6.07, 6.45) is 0. The maximum Gasteiger partial charge on any atom is 0.145 e. The Balaban J connectivity index is 2.72. The highest BCUT2D eigenvalue weighted by atomic mass is 79.9. The molecule has 1 aromatic rings. The zero-order valence-electron chi connectivity index (χ0n) is 8.95. The molecule has 2 rings (SSSR count). The minimum atomic E-state index is -0.276. The Bertz CT molecular complexity index is 418. The van der Waals surface area contributed by atoms with Gasteiger partial charge >= 0.3 is 0 Å². The maximum atomic E-state index is 13.6. The van der Waals surface area contributed by atoms with E-state index in [9.17, 15) is 4.39 Å². The van der Waals surface area contributed by atoms with Crippen molar-refractivity contribution in [2.45, 2.75) is 19.3 Å². The molecule has 82 valence electrons. The first kappa shape index (κ1) is 10.7.